The van der Waals surface area contributed by atoms with Crippen LogP contribution in [0, 0.1) is 0 Å². The Kier molecular flexibility index (Phi) is 5.80. The zero-order chi connectivity index (χ0) is 21.8. The van der Waals surface area contributed by atoms with Gasteiger partial charge in [-0.1, -0.05) is 24.3 Å². The maximum Gasteiger partial charge on any atom is 0.231 e. The van der Waals surface area contributed by atoms with Gasteiger partial charge in [0, 0.05) is 11.6 Å². The molecule has 158 valence electrons. The summed E-state index contributed by atoms with van der Waals surface area (Å²) < 4.78 is 27.7. The number of carbonyl (C=O) groups is 1. The summed E-state index contributed by atoms with van der Waals surface area (Å²) >= 11 is 0. The molecular formula is C25H22O6. The summed E-state index contributed by atoms with van der Waals surface area (Å²) in [5.41, 5.74) is 2.15. The fourth-order valence-corrected chi connectivity index (χ4v) is 3.35. The number of carbonyl (C=O) groups excluding carboxylic acids is 1. The molecule has 1 aliphatic rings. The number of hydrogen-bond acceptors (Lipinski definition) is 6. The summed E-state index contributed by atoms with van der Waals surface area (Å²) in [7, 11) is 4.74. The van der Waals surface area contributed by atoms with Crippen molar-refractivity contribution in [2.24, 2.45) is 0 Å². The van der Waals surface area contributed by atoms with Crippen molar-refractivity contribution in [1.82, 2.24) is 0 Å². The molecule has 0 aliphatic carbocycles. The summed E-state index contributed by atoms with van der Waals surface area (Å²) in [6.45, 7) is 0.369. The highest BCUT2D eigenvalue weighted by Crippen LogP contribution is 2.37. The minimum Gasteiger partial charge on any atom is -0.497 e. The summed E-state index contributed by atoms with van der Waals surface area (Å²) in [6.07, 6.45) is 1.65. The second kappa shape index (κ2) is 8.83. The molecule has 0 unspecified atom stereocenters. The Bertz CT molecular complexity index is 1150. The molecule has 0 bridgehead atoms. The molecule has 0 N–H and O–H groups in total. The van der Waals surface area contributed by atoms with Crippen molar-refractivity contribution in [3.05, 3.63) is 83.1 Å². The number of hydrogen-bond donors (Lipinski definition) is 0. The molecule has 3 aromatic rings. The van der Waals surface area contributed by atoms with Gasteiger partial charge >= 0.3 is 0 Å². The first kappa shape index (κ1) is 20.3. The van der Waals surface area contributed by atoms with Crippen molar-refractivity contribution in [1.29, 1.82) is 0 Å². The van der Waals surface area contributed by atoms with Gasteiger partial charge in [0.25, 0.3) is 0 Å². The molecule has 0 radical (unpaired) electrons. The molecule has 4 rings (SSSR count). The van der Waals surface area contributed by atoms with Crippen molar-refractivity contribution < 1.29 is 28.5 Å². The Labute approximate surface area is 180 Å². The van der Waals surface area contributed by atoms with Crippen molar-refractivity contribution >= 4 is 11.9 Å². The Hall–Kier alpha value is -3.93. The van der Waals surface area contributed by atoms with E-state index in [1.54, 1.807) is 51.7 Å². The number of rotatable bonds is 7. The van der Waals surface area contributed by atoms with E-state index in [0.29, 0.717) is 40.7 Å². The van der Waals surface area contributed by atoms with E-state index in [9.17, 15) is 4.79 Å². The van der Waals surface area contributed by atoms with Crippen LogP contribution in [0.1, 0.15) is 21.5 Å². The van der Waals surface area contributed by atoms with Crippen LogP contribution in [0.4, 0.5) is 0 Å². The number of fused-ring (bicyclic) bond motifs is 1. The minimum absolute atomic E-state index is 0.195. The largest absolute Gasteiger partial charge is 0.497 e. The van der Waals surface area contributed by atoms with Crippen LogP contribution in [0.15, 0.2) is 66.4 Å². The number of methoxy groups -OCH3 is 3. The monoisotopic (exact) mass is 418 g/mol. The van der Waals surface area contributed by atoms with Gasteiger partial charge in [0.05, 0.1) is 26.9 Å². The Morgan fingerprint density at radius 1 is 0.871 bits per heavy atom. The van der Waals surface area contributed by atoms with E-state index in [4.69, 9.17) is 23.7 Å². The van der Waals surface area contributed by atoms with Crippen LogP contribution in [0.25, 0.3) is 6.08 Å². The van der Waals surface area contributed by atoms with Crippen molar-refractivity contribution in [3.63, 3.8) is 0 Å². The third-order valence-corrected chi connectivity index (χ3v) is 4.90. The van der Waals surface area contributed by atoms with E-state index in [2.05, 4.69) is 0 Å². The number of ether oxygens (including phenoxy) is 5. The SMILES string of the molecule is COc1cccc(COc2ccc3c(c2)OC(=Cc2cccc(OC)c2OC)C3=O)c1. The van der Waals surface area contributed by atoms with E-state index in [0.717, 1.165) is 11.3 Å². The van der Waals surface area contributed by atoms with Gasteiger partial charge in [-0.15, -0.1) is 0 Å². The molecule has 3 aromatic carbocycles. The molecule has 0 saturated carbocycles. The summed E-state index contributed by atoms with van der Waals surface area (Å²) in [5.74, 6) is 2.97. The topological polar surface area (TPSA) is 63.2 Å². The zero-order valence-corrected chi connectivity index (χ0v) is 17.5. The van der Waals surface area contributed by atoms with Crippen molar-refractivity contribution in [3.8, 4) is 28.7 Å². The van der Waals surface area contributed by atoms with Gasteiger partial charge < -0.3 is 23.7 Å². The third kappa shape index (κ3) is 4.19. The Morgan fingerprint density at radius 2 is 1.71 bits per heavy atom. The van der Waals surface area contributed by atoms with Crippen LogP contribution < -0.4 is 23.7 Å². The molecule has 0 saturated heterocycles. The fourth-order valence-electron chi connectivity index (χ4n) is 3.35. The quantitative estimate of drug-likeness (QED) is 0.508. The number of allylic oxidation sites excluding steroid dienone is 1. The molecule has 0 aromatic heterocycles. The number of Topliss-reactive ketones (excluding diaryl/α,β-unsaturated/α-hetero) is 1. The lowest BCUT2D eigenvalue weighted by molar-refractivity contribution is 0.101. The second-order valence-electron chi connectivity index (χ2n) is 6.82. The predicted molar refractivity (Wildman–Crippen MR) is 116 cm³/mol. The summed E-state index contributed by atoms with van der Waals surface area (Å²) in [4.78, 5) is 12.8. The standard InChI is InChI=1S/C25H22O6/c1-27-18-8-4-6-16(12-18)15-30-19-10-11-20-22(14-19)31-23(24(20)26)13-17-7-5-9-21(28-2)25(17)29-3/h4-14H,15H2,1-3H3. The lowest BCUT2D eigenvalue weighted by Gasteiger charge is -2.10. The predicted octanol–water partition coefficient (Wildman–Crippen LogP) is 4.91. The molecule has 6 nitrogen and oxygen atoms in total. The third-order valence-electron chi connectivity index (χ3n) is 4.90. The lowest BCUT2D eigenvalue weighted by atomic mass is 10.1. The minimum atomic E-state index is -0.195. The van der Waals surface area contributed by atoms with Gasteiger partial charge in [-0.25, -0.2) is 0 Å². The van der Waals surface area contributed by atoms with E-state index < -0.39 is 0 Å². The van der Waals surface area contributed by atoms with Crippen LogP contribution >= 0.6 is 0 Å². The molecule has 0 atom stereocenters. The molecule has 6 heteroatoms. The van der Waals surface area contributed by atoms with Gasteiger partial charge in [0.15, 0.2) is 17.3 Å². The highest BCUT2D eigenvalue weighted by Gasteiger charge is 2.28. The van der Waals surface area contributed by atoms with Crippen LogP contribution in [0.3, 0.4) is 0 Å². The molecule has 31 heavy (non-hydrogen) atoms. The molecule has 0 amide bonds. The van der Waals surface area contributed by atoms with Gasteiger partial charge in [-0.05, 0) is 42.0 Å². The van der Waals surface area contributed by atoms with Crippen LogP contribution in [0.2, 0.25) is 0 Å². The van der Waals surface area contributed by atoms with E-state index >= 15 is 0 Å². The zero-order valence-electron chi connectivity index (χ0n) is 17.5. The van der Waals surface area contributed by atoms with Crippen molar-refractivity contribution in [2.75, 3.05) is 21.3 Å². The second-order valence-corrected chi connectivity index (χ2v) is 6.82. The van der Waals surface area contributed by atoms with E-state index in [1.807, 2.05) is 36.4 Å². The average Bonchev–Trinajstić information content (AvgIpc) is 3.12. The smallest absolute Gasteiger partial charge is 0.231 e. The lowest BCUT2D eigenvalue weighted by Crippen LogP contribution is -1.99. The molecular weight excluding hydrogens is 396 g/mol. The molecule has 1 aliphatic heterocycles. The van der Waals surface area contributed by atoms with Crippen LogP contribution in [-0.2, 0) is 6.61 Å². The van der Waals surface area contributed by atoms with E-state index in [1.165, 1.54) is 0 Å². The maximum atomic E-state index is 12.8. The fraction of sp³-hybridized carbons (Fsp3) is 0.160. The van der Waals surface area contributed by atoms with Crippen LogP contribution in [0.5, 0.6) is 28.7 Å². The van der Waals surface area contributed by atoms with Crippen LogP contribution in [-0.4, -0.2) is 27.1 Å². The molecule has 0 fully saturated rings. The number of para-hydroxylation sites is 1. The summed E-state index contributed by atoms with van der Waals surface area (Å²) in [6, 6.07) is 18.3. The van der Waals surface area contributed by atoms with Gasteiger partial charge in [-0.2, -0.15) is 0 Å². The average molecular weight is 418 g/mol. The van der Waals surface area contributed by atoms with Gasteiger partial charge in [-0.3, -0.25) is 4.79 Å². The first-order valence-corrected chi connectivity index (χ1v) is 9.68. The number of benzene rings is 3. The van der Waals surface area contributed by atoms with Gasteiger partial charge in [0.2, 0.25) is 5.78 Å². The number of ketones is 1. The Balaban J connectivity index is 1.54. The first-order chi connectivity index (χ1) is 15.1. The first-order valence-electron chi connectivity index (χ1n) is 9.68. The Morgan fingerprint density at radius 3 is 2.48 bits per heavy atom. The van der Waals surface area contributed by atoms with Gasteiger partial charge in [0.1, 0.15) is 23.9 Å². The highest BCUT2D eigenvalue weighted by molar-refractivity contribution is 6.14. The molecule has 0 spiro atoms. The highest BCUT2D eigenvalue weighted by atomic mass is 16.5. The summed E-state index contributed by atoms with van der Waals surface area (Å²) in [5, 5.41) is 0. The molecule has 1 heterocycles. The van der Waals surface area contributed by atoms with E-state index in [-0.39, 0.29) is 11.5 Å². The normalized spacial score (nSPS) is 13.5. The maximum absolute atomic E-state index is 12.8. The van der Waals surface area contributed by atoms with Crippen molar-refractivity contribution in [2.45, 2.75) is 6.61 Å².